The van der Waals surface area contributed by atoms with Crippen LogP contribution in [0.2, 0.25) is 0 Å². The third-order valence-electron chi connectivity index (χ3n) is 6.23. The van der Waals surface area contributed by atoms with Crippen molar-refractivity contribution in [2.45, 2.75) is 19.6 Å². The molecule has 5 rings (SSSR count). The summed E-state index contributed by atoms with van der Waals surface area (Å²) in [5.74, 6) is 2.32. The first kappa shape index (κ1) is 20.1. The molecule has 0 spiro atoms. The number of hydrogen-bond acceptors (Lipinski definition) is 6. The van der Waals surface area contributed by atoms with Crippen LogP contribution in [-0.4, -0.2) is 58.7 Å². The summed E-state index contributed by atoms with van der Waals surface area (Å²) in [5.41, 5.74) is 2.81. The first-order chi connectivity index (χ1) is 14.9. The van der Waals surface area contributed by atoms with Gasteiger partial charge in [0.25, 0.3) is 0 Å². The molecule has 2 unspecified atom stereocenters. The molecule has 0 N–H and O–H groups in total. The Kier molecular flexibility index (Phi) is 5.02. The Morgan fingerprint density at radius 3 is 2.26 bits per heavy atom. The predicted molar refractivity (Wildman–Crippen MR) is 118 cm³/mol. The summed E-state index contributed by atoms with van der Waals surface area (Å²) < 4.78 is 29.3. The third kappa shape index (κ3) is 3.95. The third-order valence-corrected chi connectivity index (χ3v) is 8.01. The maximum absolute atomic E-state index is 12.9. The van der Waals surface area contributed by atoms with Gasteiger partial charge in [-0.2, -0.15) is 5.10 Å². The number of nitrogens with zero attached hydrogens (tertiary/aromatic N) is 6. The first-order valence-corrected chi connectivity index (χ1v) is 12.1. The average molecular weight is 439 g/mol. The minimum absolute atomic E-state index is 0.0644. The fourth-order valence-electron chi connectivity index (χ4n) is 4.73. The molecule has 2 aliphatic rings. The van der Waals surface area contributed by atoms with Gasteiger partial charge in [-0.15, -0.1) is 0 Å². The largest absolute Gasteiger partial charge is 0.356 e. The molecule has 0 saturated carbocycles. The van der Waals surface area contributed by atoms with Crippen molar-refractivity contribution in [1.82, 2.24) is 24.1 Å². The van der Waals surface area contributed by atoms with Gasteiger partial charge in [0.1, 0.15) is 12.1 Å². The molecule has 2 atom stereocenters. The number of fused-ring (bicyclic) bond motifs is 1. The van der Waals surface area contributed by atoms with Crippen LogP contribution in [0.4, 0.5) is 5.82 Å². The molecular weight excluding hydrogens is 412 g/mol. The lowest BCUT2D eigenvalue weighted by atomic mass is 10.0. The molecule has 4 heterocycles. The average Bonchev–Trinajstić information content (AvgIpc) is 3.41. The normalized spacial score (nSPS) is 21.5. The Balaban J connectivity index is 1.27. The van der Waals surface area contributed by atoms with Gasteiger partial charge < -0.3 is 4.90 Å². The van der Waals surface area contributed by atoms with Crippen LogP contribution < -0.4 is 4.90 Å². The summed E-state index contributed by atoms with van der Waals surface area (Å²) in [4.78, 5) is 11.1. The molecule has 31 heavy (non-hydrogen) atoms. The van der Waals surface area contributed by atoms with Crippen molar-refractivity contribution in [3.05, 3.63) is 65.7 Å². The van der Waals surface area contributed by atoms with Crippen molar-refractivity contribution >= 4 is 15.8 Å². The van der Waals surface area contributed by atoms with Crippen molar-refractivity contribution in [2.75, 3.05) is 31.1 Å². The zero-order chi connectivity index (χ0) is 21.6. The number of benzene rings is 1. The minimum atomic E-state index is -3.30. The van der Waals surface area contributed by atoms with Gasteiger partial charge in [0.2, 0.25) is 10.0 Å². The highest BCUT2D eigenvalue weighted by Crippen LogP contribution is 2.35. The Morgan fingerprint density at radius 1 is 0.935 bits per heavy atom. The molecule has 8 nitrogen and oxygen atoms in total. The van der Waals surface area contributed by atoms with E-state index in [0.29, 0.717) is 24.9 Å². The van der Waals surface area contributed by atoms with E-state index in [2.05, 4.69) is 20.0 Å². The van der Waals surface area contributed by atoms with Crippen molar-refractivity contribution in [3.8, 4) is 5.82 Å². The van der Waals surface area contributed by atoms with Crippen LogP contribution in [0.3, 0.4) is 0 Å². The van der Waals surface area contributed by atoms with Crippen LogP contribution in [0, 0.1) is 25.7 Å². The van der Waals surface area contributed by atoms with E-state index in [0.717, 1.165) is 41.7 Å². The topological polar surface area (TPSA) is 84.2 Å². The molecule has 0 aliphatic carbocycles. The molecule has 2 aromatic heterocycles. The minimum Gasteiger partial charge on any atom is -0.356 e. The molecule has 0 amide bonds. The summed E-state index contributed by atoms with van der Waals surface area (Å²) in [6.07, 6.45) is 1.58. The van der Waals surface area contributed by atoms with Crippen molar-refractivity contribution in [1.29, 1.82) is 0 Å². The maximum Gasteiger partial charge on any atom is 0.218 e. The molecule has 9 heteroatoms. The van der Waals surface area contributed by atoms with E-state index in [4.69, 9.17) is 0 Å². The van der Waals surface area contributed by atoms with Crippen LogP contribution in [0.15, 0.2) is 48.8 Å². The first-order valence-electron chi connectivity index (χ1n) is 10.5. The van der Waals surface area contributed by atoms with Gasteiger partial charge in [-0.25, -0.2) is 27.4 Å². The van der Waals surface area contributed by atoms with Crippen LogP contribution in [0.25, 0.3) is 5.82 Å². The second-order valence-corrected chi connectivity index (χ2v) is 10.5. The van der Waals surface area contributed by atoms with Gasteiger partial charge >= 0.3 is 0 Å². The second-order valence-electron chi connectivity index (χ2n) is 8.56. The molecule has 162 valence electrons. The van der Waals surface area contributed by atoms with Crippen LogP contribution in [-0.2, 0) is 15.8 Å². The van der Waals surface area contributed by atoms with E-state index in [1.54, 1.807) is 10.6 Å². The predicted octanol–water partition coefficient (Wildman–Crippen LogP) is 2.18. The molecular formula is C22H26N6O2S. The Labute approximate surface area is 182 Å². The second kappa shape index (κ2) is 7.72. The van der Waals surface area contributed by atoms with Gasteiger partial charge in [-0.05, 0) is 37.3 Å². The van der Waals surface area contributed by atoms with Crippen molar-refractivity contribution in [2.24, 2.45) is 11.8 Å². The van der Waals surface area contributed by atoms with E-state index >= 15 is 0 Å². The van der Waals surface area contributed by atoms with E-state index in [1.165, 1.54) is 0 Å². The van der Waals surface area contributed by atoms with Gasteiger partial charge in [-0.1, -0.05) is 30.3 Å². The molecule has 2 saturated heterocycles. The van der Waals surface area contributed by atoms with Crippen molar-refractivity contribution < 1.29 is 8.42 Å². The van der Waals surface area contributed by atoms with Gasteiger partial charge in [-0.3, -0.25) is 0 Å². The SMILES string of the molecule is Cc1cc(C)n(-c2cc(N3CC4CN(S(=O)(=O)Cc5ccccc5)CC4C3)ncn2)n1. The zero-order valence-corrected chi connectivity index (χ0v) is 18.5. The monoisotopic (exact) mass is 438 g/mol. The summed E-state index contributed by atoms with van der Waals surface area (Å²) >= 11 is 0. The summed E-state index contributed by atoms with van der Waals surface area (Å²) in [6, 6.07) is 13.4. The fourth-order valence-corrected chi connectivity index (χ4v) is 6.36. The Bertz CT molecular complexity index is 1180. The van der Waals surface area contributed by atoms with Crippen LogP contribution in [0.5, 0.6) is 0 Å². The number of anilines is 1. The van der Waals surface area contributed by atoms with E-state index in [-0.39, 0.29) is 5.75 Å². The van der Waals surface area contributed by atoms with Crippen LogP contribution >= 0.6 is 0 Å². The highest BCUT2D eigenvalue weighted by Gasteiger charge is 2.44. The lowest BCUT2D eigenvalue weighted by Gasteiger charge is -2.22. The van der Waals surface area contributed by atoms with E-state index in [1.807, 2.05) is 61.0 Å². The lowest BCUT2D eigenvalue weighted by Crippen LogP contribution is -2.34. The molecule has 2 aliphatic heterocycles. The van der Waals surface area contributed by atoms with Crippen LogP contribution in [0.1, 0.15) is 17.0 Å². The summed E-state index contributed by atoms with van der Waals surface area (Å²) in [7, 11) is -3.30. The fraction of sp³-hybridized carbons (Fsp3) is 0.409. The molecule has 2 fully saturated rings. The lowest BCUT2D eigenvalue weighted by molar-refractivity contribution is 0.452. The number of hydrogen-bond donors (Lipinski definition) is 0. The molecule has 0 radical (unpaired) electrons. The number of aromatic nitrogens is 4. The van der Waals surface area contributed by atoms with Gasteiger partial charge in [0.15, 0.2) is 5.82 Å². The smallest absolute Gasteiger partial charge is 0.218 e. The van der Waals surface area contributed by atoms with Crippen molar-refractivity contribution in [3.63, 3.8) is 0 Å². The highest BCUT2D eigenvalue weighted by molar-refractivity contribution is 7.88. The van der Waals surface area contributed by atoms with Gasteiger partial charge in [0, 0.05) is 37.9 Å². The number of sulfonamides is 1. The molecule has 0 bridgehead atoms. The quantitative estimate of drug-likeness (QED) is 0.607. The Hall–Kier alpha value is -2.78. The summed E-state index contributed by atoms with van der Waals surface area (Å²) in [5, 5.41) is 4.51. The van der Waals surface area contributed by atoms with E-state index in [9.17, 15) is 8.42 Å². The van der Waals surface area contributed by atoms with Gasteiger partial charge in [0.05, 0.1) is 11.4 Å². The number of aryl methyl sites for hydroxylation is 2. The molecule has 1 aromatic carbocycles. The maximum atomic E-state index is 12.9. The number of rotatable bonds is 5. The molecule has 3 aromatic rings. The summed E-state index contributed by atoms with van der Waals surface area (Å²) in [6.45, 7) is 6.72. The Morgan fingerprint density at radius 2 is 1.61 bits per heavy atom. The standard InChI is InChI=1S/C22H26N6O2S/c1-16-8-17(2)28(25-16)22-9-21(23-15-24-22)26-10-19-12-27(13-20(19)11-26)31(29,30)14-18-6-4-3-5-7-18/h3-9,15,19-20H,10-14H2,1-2H3. The van der Waals surface area contributed by atoms with E-state index < -0.39 is 10.0 Å². The highest BCUT2D eigenvalue weighted by atomic mass is 32.2. The zero-order valence-electron chi connectivity index (χ0n) is 17.7.